The summed E-state index contributed by atoms with van der Waals surface area (Å²) in [7, 11) is 1.50. The molecule has 0 aromatic rings. The zero-order chi connectivity index (χ0) is 7.98. The molecule has 1 aliphatic rings. The molecule has 1 fully saturated rings. The Kier molecular flexibility index (Phi) is 5.58. The highest BCUT2D eigenvalue weighted by Crippen LogP contribution is 2.11. The SMILES string of the molecule is CC1CCC(O)CO1.CN. The Morgan fingerprint density at radius 2 is 2.00 bits per heavy atom. The molecule has 1 heterocycles. The van der Waals surface area contributed by atoms with Gasteiger partial charge in [0.25, 0.3) is 0 Å². The van der Waals surface area contributed by atoms with Crippen molar-refractivity contribution in [3.8, 4) is 0 Å². The highest BCUT2D eigenvalue weighted by atomic mass is 16.5. The van der Waals surface area contributed by atoms with Crippen LogP contribution in [0.5, 0.6) is 0 Å². The van der Waals surface area contributed by atoms with Crippen LogP contribution in [0.4, 0.5) is 0 Å². The van der Waals surface area contributed by atoms with Gasteiger partial charge in [-0.3, -0.25) is 0 Å². The lowest BCUT2D eigenvalue weighted by Crippen LogP contribution is -2.26. The first-order valence-electron chi connectivity index (χ1n) is 3.66. The summed E-state index contributed by atoms with van der Waals surface area (Å²) >= 11 is 0. The van der Waals surface area contributed by atoms with Crippen LogP contribution in [0.1, 0.15) is 19.8 Å². The largest absolute Gasteiger partial charge is 0.391 e. The van der Waals surface area contributed by atoms with Crippen LogP contribution >= 0.6 is 0 Å². The third-order valence-electron chi connectivity index (χ3n) is 1.48. The molecule has 62 valence electrons. The van der Waals surface area contributed by atoms with Gasteiger partial charge in [-0.2, -0.15) is 0 Å². The molecule has 3 nitrogen and oxygen atoms in total. The van der Waals surface area contributed by atoms with E-state index in [-0.39, 0.29) is 6.10 Å². The second-order valence-corrected chi connectivity index (χ2v) is 2.38. The van der Waals surface area contributed by atoms with Crippen LogP contribution in [0.15, 0.2) is 0 Å². The maximum Gasteiger partial charge on any atom is 0.0774 e. The van der Waals surface area contributed by atoms with Gasteiger partial charge < -0.3 is 15.6 Å². The van der Waals surface area contributed by atoms with Gasteiger partial charge in [0.05, 0.1) is 18.8 Å². The van der Waals surface area contributed by atoms with Gasteiger partial charge in [-0.1, -0.05) is 0 Å². The minimum atomic E-state index is -0.203. The molecule has 1 aliphatic heterocycles. The third kappa shape index (κ3) is 3.82. The summed E-state index contributed by atoms with van der Waals surface area (Å²) in [4.78, 5) is 0. The van der Waals surface area contributed by atoms with Gasteiger partial charge in [0.2, 0.25) is 0 Å². The van der Waals surface area contributed by atoms with E-state index in [1.165, 1.54) is 7.05 Å². The van der Waals surface area contributed by atoms with Crippen molar-refractivity contribution >= 4 is 0 Å². The van der Waals surface area contributed by atoms with E-state index >= 15 is 0 Å². The maximum absolute atomic E-state index is 8.90. The highest BCUT2D eigenvalue weighted by Gasteiger charge is 2.14. The van der Waals surface area contributed by atoms with Crippen LogP contribution in [0, 0.1) is 0 Å². The van der Waals surface area contributed by atoms with E-state index in [2.05, 4.69) is 5.73 Å². The average Bonchev–Trinajstić information content (AvgIpc) is 2.00. The molecule has 2 unspecified atom stereocenters. The molecule has 0 radical (unpaired) electrons. The van der Waals surface area contributed by atoms with E-state index in [9.17, 15) is 0 Å². The summed E-state index contributed by atoms with van der Waals surface area (Å²) in [5.41, 5.74) is 4.50. The van der Waals surface area contributed by atoms with Crippen LogP contribution in [-0.2, 0) is 4.74 Å². The lowest BCUT2D eigenvalue weighted by molar-refractivity contribution is -0.0472. The van der Waals surface area contributed by atoms with E-state index in [1.807, 2.05) is 6.92 Å². The number of aliphatic hydroxyl groups excluding tert-OH is 1. The Balaban J connectivity index is 0.000000371. The van der Waals surface area contributed by atoms with Crippen LogP contribution < -0.4 is 5.73 Å². The van der Waals surface area contributed by atoms with Gasteiger partial charge in [0.1, 0.15) is 0 Å². The number of hydrogen-bond donors (Lipinski definition) is 2. The minimum Gasteiger partial charge on any atom is -0.391 e. The molecule has 0 spiro atoms. The molecule has 3 heteroatoms. The number of rotatable bonds is 0. The zero-order valence-electron chi connectivity index (χ0n) is 6.71. The van der Waals surface area contributed by atoms with Gasteiger partial charge in [0.15, 0.2) is 0 Å². The number of ether oxygens (including phenoxy) is 1. The van der Waals surface area contributed by atoms with Crippen molar-refractivity contribution in [3.05, 3.63) is 0 Å². The lowest BCUT2D eigenvalue weighted by atomic mass is 10.1. The molecule has 2 atom stereocenters. The van der Waals surface area contributed by atoms with Crippen molar-refractivity contribution in [1.82, 2.24) is 0 Å². The van der Waals surface area contributed by atoms with Crippen LogP contribution in [-0.4, -0.2) is 31.0 Å². The fourth-order valence-corrected chi connectivity index (χ4v) is 0.869. The van der Waals surface area contributed by atoms with Gasteiger partial charge in [-0.15, -0.1) is 0 Å². The smallest absolute Gasteiger partial charge is 0.0774 e. The predicted molar refractivity (Wildman–Crippen MR) is 40.8 cm³/mol. The fraction of sp³-hybridized carbons (Fsp3) is 1.00. The predicted octanol–water partition coefficient (Wildman–Crippen LogP) is 0.121. The van der Waals surface area contributed by atoms with E-state index in [1.54, 1.807) is 0 Å². The Morgan fingerprint density at radius 3 is 2.30 bits per heavy atom. The number of aliphatic hydroxyl groups is 1. The Hall–Kier alpha value is -0.120. The van der Waals surface area contributed by atoms with Crippen molar-refractivity contribution in [2.75, 3.05) is 13.7 Å². The molecule has 0 amide bonds. The second kappa shape index (κ2) is 5.65. The molecule has 0 saturated carbocycles. The topological polar surface area (TPSA) is 55.5 Å². The number of nitrogens with two attached hydrogens (primary N) is 1. The number of hydrogen-bond acceptors (Lipinski definition) is 3. The average molecular weight is 147 g/mol. The van der Waals surface area contributed by atoms with Crippen LogP contribution in [0.25, 0.3) is 0 Å². The second-order valence-electron chi connectivity index (χ2n) is 2.38. The van der Waals surface area contributed by atoms with E-state index < -0.39 is 0 Å². The van der Waals surface area contributed by atoms with Crippen molar-refractivity contribution in [1.29, 1.82) is 0 Å². The van der Waals surface area contributed by atoms with Gasteiger partial charge in [0, 0.05) is 0 Å². The molecular weight excluding hydrogens is 130 g/mol. The molecule has 10 heavy (non-hydrogen) atoms. The molecule has 0 bridgehead atoms. The Labute approximate surface area is 62.2 Å². The zero-order valence-corrected chi connectivity index (χ0v) is 6.71. The molecule has 0 aromatic heterocycles. The summed E-state index contributed by atoms with van der Waals surface area (Å²) in [6.07, 6.45) is 2.06. The third-order valence-corrected chi connectivity index (χ3v) is 1.48. The normalized spacial score (nSPS) is 32.4. The van der Waals surface area contributed by atoms with Crippen molar-refractivity contribution in [2.45, 2.75) is 32.0 Å². The van der Waals surface area contributed by atoms with E-state index in [0.29, 0.717) is 12.7 Å². The maximum atomic E-state index is 8.90. The summed E-state index contributed by atoms with van der Waals surface area (Å²) in [5, 5.41) is 8.90. The van der Waals surface area contributed by atoms with Gasteiger partial charge in [-0.05, 0) is 26.8 Å². The van der Waals surface area contributed by atoms with E-state index in [0.717, 1.165) is 12.8 Å². The molecule has 1 saturated heterocycles. The molecule has 3 N–H and O–H groups in total. The first kappa shape index (κ1) is 9.88. The summed E-state index contributed by atoms with van der Waals surface area (Å²) in [6, 6.07) is 0. The molecule has 0 aromatic carbocycles. The summed E-state index contributed by atoms with van der Waals surface area (Å²) in [5.74, 6) is 0. The first-order chi connectivity index (χ1) is 4.79. The molecule has 0 aliphatic carbocycles. The fourth-order valence-electron chi connectivity index (χ4n) is 0.869. The van der Waals surface area contributed by atoms with Gasteiger partial charge in [-0.25, -0.2) is 0 Å². The molecular formula is C7H17NO2. The summed E-state index contributed by atoms with van der Waals surface area (Å²) in [6.45, 7) is 2.56. The standard InChI is InChI=1S/C6H12O2.CH5N/c1-5-2-3-6(7)4-8-5;1-2/h5-7H,2-4H2,1H3;2H2,1H3. The van der Waals surface area contributed by atoms with Crippen LogP contribution in [0.3, 0.4) is 0 Å². The van der Waals surface area contributed by atoms with Crippen molar-refractivity contribution in [2.24, 2.45) is 5.73 Å². The Morgan fingerprint density at radius 1 is 1.40 bits per heavy atom. The first-order valence-corrected chi connectivity index (χ1v) is 3.66. The van der Waals surface area contributed by atoms with Crippen molar-refractivity contribution in [3.63, 3.8) is 0 Å². The van der Waals surface area contributed by atoms with E-state index in [4.69, 9.17) is 9.84 Å². The Bertz CT molecular complexity index is 60.0. The summed E-state index contributed by atoms with van der Waals surface area (Å²) < 4.78 is 5.14. The van der Waals surface area contributed by atoms with Crippen LogP contribution in [0.2, 0.25) is 0 Å². The minimum absolute atomic E-state index is 0.203. The lowest BCUT2D eigenvalue weighted by Gasteiger charge is -2.22. The molecule has 1 rings (SSSR count). The monoisotopic (exact) mass is 147 g/mol. The highest BCUT2D eigenvalue weighted by molar-refractivity contribution is 4.64. The quantitative estimate of drug-likeness (QED) is 0.511. The van der Waals surface area contributed by atoms with Crippen molar-refractivity contribution < 1.29 is 9.84 Å². The van der Waals surface area contributed by atoms with Gasteiger partial charge >= 0.3 is 0 Å².